The Hall–Kier alpha value is -3.62. The molecular formula is C28H27ClN4O3S. The molecule has 1 aliphatic carbocycles. The number of hydrogen-bond donors (Lipinski definition) is 3. The number of anilines is 1. The van der Waals surface area contributed by atoms with E-state index in [-0.39, 0.29) is 30.6 Å². The number of urea groups is 1. The van der Waals surface area contributed by atoms with Crippen LogP contribution in [-0.4, -0.2) is 29.0 Å². The molecule has 0 saturated heterocycles. The highest BCUT2D eigenvalue weighted by Crippen LogP contribution is 2.24. The Morgan fingerprint density at radius 1 is 0.946 bits per heavy atom. The summed E-state index contributed by atoms with van der Waals surface area (Å²) in [6.45, 7) is 0.265. The number of hydrogen-bond acceptors (Lipinski definition) is 5. The first-order chi connectivity index (χ1) is 18.0. The van der Waals surface area contributed by atoms with Crippen molar-refractivity contribution in [2.75, 3.05) is 5.32 Å². The van der Waals surface area contributed by atoms with E-state index in [2.05, 4.69) is 20.9 Å². The maximum Gasteiger partial charge on any atom is 0.319 e. The van der Waals surface area contributed by atoms with E-state index in [9.17, 15) is 9.59 Å². The molecule has 0 radical (unpaired) electrons. The van der Waals surface area contributed by atoms with Gasteiger partial charge in [0.05, 0.1) is 11.7 Å². The SMILES string of the molecule is O=C(Nc1cccc2ccccc12)N[C@H]1CCCC[C@H]1NC(=O)c1csc(COc2ccc(Cl)cc2)n1. The predicted molar refractivity (Wildman–Crippen MR) is 148 cm³/mol. The van der Waals surface area contributed by atoms with Gasteiger partial charge >= 0.3 is 6.03 Å². The van der Waals surface area contributed by atoms with Crippen LogP contribution in [0.1, 0.15) is 41.2 Å². The average molecular weight is 535 g/mol. The van der Waals surface area contributed by atoms with Crippen molar-refractivity contribution in [2.24, 2.45) is 0 Å². The second-order valence-electron chi connectivity index (χ2n) is 8.97. The third-order valence-corrected chi connectivity index (χ3v) is 7.47. The molecule has 1 saturated carbocycles. The van der Waals surface area contributed by atoms with Gasteiger partial charge in [0.15, 0.2) is 0 Å². The Bertz CT molecular complexity index is 1390. The van der Waals surface area contributed by atoms with E-state index in [0.29, 0.717) is 21.5 Å². The van der Waals surface area contributed by atoms with Gasteiger partial charge in [-0.1, -0.05) is 60.8 Å². The number of carbonyl (C=O) groups excluding carboxylic acids is 2. The van der Waals surface area contributed by atoms with E-state index < -0.39 is 0 Å². The largest absolute Gasteiger partial charge is 0.486 e. The minimum Gasteiger partial charge on any atom is -0.486 e. The summed E-state index contributed by atoms with van der Waals surface area (Å²) >= 11 is 7.28. The van der Waals surface area contributed by atoms with Crippen molar-refractivity contribution in [3.63, 3.8) is 0 Å². The summed E-state index contributed by atoms with van der Waals surface area (Å²) in [5, 5.41) is 14.2. The normalized spacial score (nSPS) is 17.2. The van der Waals surface area contributed by atoms with Crippen LogP contribution >= 0.6 is 22.9 Å². The fourth-order valence-electron chi connectivity index (χ4n) is 4.54. The molecule has 190 valence electrons. The van der Waals surface area contributed by atoms with Crippen LogP contribution in [0.4, 0.5) is 10.5 Å². The number of carbonyl (C=O) groups is 2. The highest BCUT2D eigenvalue weighted by molar-refractivity contribution is 7.09. The van der Waals surface area contributed by atoms with Crippen molar-refractivity contribution in [1.82, 2.24) is 15.6 Å². The summed E-state index contributed by atoms with van der Waals surface area (Å²) < 4.78 is 5.73. The number of benzene rings is 3. The summed E-state index contributed by atoms with van der Waals surface area (Å²) in [5.74, 6) is 0.436. The lowest BCUT2D eigenvalue weighted by Gasteiger charge is -2.32. The second-order valence-corrected chi connectivity index (χ2v) is 10.3. The van der Waals surface area contributed by atoms with E-state index in [1.54, 1.807) is 29.6 Å². The molecule has 3 amide bonds. The van der Waals surface area contributed by atoms with E-state index in [0.717, 1.165) is 42.1 Å². The lowest BCUT2D eigenvalue weighted by molar-refractivity contribution is 0.0911. The van der Waals surface area contributed by atoms with Gasteiger partial charge in [0.25, 0.3) is 5.91 Å². The molecule has 9 heteroatoms. The topological polar surface area (TPSA) is 92.4 Å². The highest BCUT2D eigenvalue weighted by atomic mass is 35.5. The van der Waals surface area contributed by atoms with Gasteiger partial charge in [-0.2, -0.15) is 0 Å². The lowest BCUT2D eigenvalue weighted by atomic mass is 9.90. The number of halogens is 1. The van der Waals surface area contributed by atoms with Crippen LogP contribution in [0.15, 0.2) is 72.1 Å². The quantitative estimate of drug-likeness (QED) is 0.256. The standard InChI is InChI=1S/C28H27ClN4O3S/c29-19-12-14-20(15-13-19)36-16-26-30-25(17-37-26)27(34)31-23-9-3-4-10-24(23)33-28(35)32-22-11-5-7-18-6-1-2-8-21(18)22/h1-2,5-8,11-15,17,23-24H,3-4,9-10,16H2,(H,31,34)(H2,32,33,35)/t23-,24+/m1/s1. The van der Waals surface area contributed by atoms with Crippen LogP contribution in [0.5, 0.6) is 5.75 Å². The fourth-order valence-corrected chi connectivity index (χ4v) is 5.35. The molecular weight excluding hydrogens is 508 g/mol. The number of ether oxygens (including phenoxy) is 1. The van der Waals surface area contributed by atoms with Crippen molar-refractivity contribution in [1.29, 1.82) is 0 Å². The molecule has 0 unspecified atom stereocenters. The van der Waals surface area contributed by atoms with Crippen LogP contribution in [0, 0.1) is 0 Å². The van der Waals surface area contributed by atoms with Gasteiger partial charge in [0.1, 0.15) is 23.1 Å². The summed E-state index contributed by atoms with van der Waals surface area (Å²) in [5.41, 5.74) is 1.10. The number of nitrogens with one attached hydrogen (secondary N) is 3. The average Bonchev–Trinajstić information content (AvgIpc) is 3.39. The van der Waals surface area contributed by atoms with Crippen molar-refractivity contribution >= 4 is 51.3 Å². The smallest absolute Gasteiger partial charge is 0.319 e. The highest BCUT2D eigenvalue weighted by Gasteiger charge is 2.29. The van der Waals surface area contributed by atoms with Gasteiger partial charge < -0.3 is 20.7 Å². The Morgan fingerprint density at radius 2 is 1.68 bits per heavy atom. The zero-order valence-corrected chi connectivity index (χ0v) is 21.6. The minimum atomic E-state index is -0.280. The Labute approximate surface area is 224 Å². The van der Waals surface area contributed by atoms with Gasteiger partial charge in [-0.25, -0.2) is 9.78 Å². The molecule has 1 aliphatic rings. The van der Waals surface area contributed by atoms with E-state index in [4.69, 9.17) is 16.3 Å². The molecule has 0 spiro atoms. The van der Waals surface area contributed by atoms with Crippen LogP contribution in [-0.2, 0) is 6.61 Å². The molecule has 2 atom stereocenters. The molecule has 1 aromatic heterocycles. The van der Waals surface area contributed by atoms with Crippen molar-refractivity contribution in [3.05, 3.63) is 87.8 Å². The van der Waals surface area contributed by atoms with Gasteiger partial charge in [-0.05, 0) is 48.6 Å². The van der Waals surface area contributed by atoms with Gasteiger partial charge in [-0.3, -0.25) is 4.79 Å². The van der Waals surface area contributed by atoms with E-state index in [1.807, 2.05) is 42.5 Å². The van der Waals surface area contributed by atoms with Gasteiger partial charge in [0.2, 0.25) is 0 Å². The second kappa shape index (κ2) is 11.6. The molecule has 3 aromatic carbocycles. The Morgan fingerprint density at radius 3 is 2.49 bits per heavy atom. The summed E-state index contributed by atoms with van der Waals surface area (Å²) in [6.07, 6.45) is 3.58. The molecule has 3 N–H and O–H groups in total. The molecule has 1 heterocycles. The van der Waals surface area contributed by atoms with Crippen LogP contribution in [0.2, 0.25) is 5.02 Å². The molecule has 1 fully saturated rings. The number of fused-ring (bicyclic) bond motifs is 1. The number of thiazole rings is 1. The molecule has 37 heavy (non-hydrogen) atoms. The van der Waals surface area contributed by atoms with E-state index in [1.165, 1.54) is 11.3 Å². The Kier molecular flexibility index (Phi) is 7.87. The van der Waals surface area contributed by atoms with Crippen LogP contribution in [0.3, 0.4) is 0 Å². The van der Waals surface area contributed by atoms with Crippen molar-refractivity contribution < 1.29 is 14.3 Å². The third kappa shape index (κ3) is 6.39. The fraction of sp³-hybridized carbons (Fsp3) is 0.250. The first kappa shape index (κ1) is 25.0. The first-order valence-electron chi connectivity index (χ1n) is 12.2. The maximum absolute atomic E-state index is 13.0. The monoisotopic (exact) mass is 534 g/mol. The molecule has 4 aromatic rings. The van der Waals surface area contributed by atoms with E-state index >= 15 is 0 Å². The predicted octanol–water partition coefficient (Wildman–Crippen LogP) is 6.39. The third-order valence-electron chi connectivity index (χ3n) is 6.40. The molecule has 0 aliphatic heterocycles. The number of amides is 3. The van der Waals surface area contributed by atoms with Gasteiger partial charge in [-0.15, -0.1) is 11.3 Å². The summed E-state index contributed by atoms with van der Waals surface area (Å²) in [4.78, 5) is 30.3. The van der Waals surface area contributed by atoms with Gasteiger partial charge in [0, 0.05) is 21.8 Å². The number of aromatic nitrogens is 1. The number of nitrogens with zero attached hydrogens (tertiary/aromatic N) is 1. The summed E-state index contributed by atoms with van der Waals surface area (Å²) in [6, 6.07) is 20.2. The lowest BCUT2D eigenvalue weighted by Crippen LogP contribution is -2.54. The number of rotatable bonds is 7. The van der Waals surface area contributed by atoms with Crippen LogP contribution in [0.25, 0.3) is 10.8 Å². The van der Waals surface area contributed by atoms with Crippen molar-refractivity contribution in [2.45, 2.75) is 44.4 Å². The first-order valence-corrected chi connectivity index (χ1v) is 13.5. The summed E-state index contributed by atoms with van der Waals surface area (Å²) in [7, 11) is 0. The maximum atomic E-state index is 13.0. The molecule has 7 nitrogen and oxygen atoms in total. The molecule has 0 bridgehead atoms. The molecule has 5 rings (SSSR count). The zero-order chi connectivity index (χ0) is 25.6. The minimum absolute atomic E-state index is 0.168. The van der Waals surface area contributed by atoms with Crippen molar-refractivity contribution in [3.8, 4) is 5.75 Å². The van der Waals surface area contributed by atoms with Crippen LogP contribution < -0.4 is 20.7 Å². The Balaban J connectivity index is 1.17. The zero-order valence-electron chi connectivity index (χ0n) is 20.1.